The fraction of sp³-hybridized carbons (Fsp3) is 0.647. The number of piperidine rings is 2. The molecular weight excluding hydrogens is 251 g/mol. The average Bonchev–Trinajstić information content (AvgIpc) is 2.49. The zero-order chi connectivity index (χ0) is 13.8. The third kappa shape index (κ3) is 3.32. The fourth-order valence-corrected chi connectivity index (χ4v) is 3.45. The van der Waals surface area contributed by atoms with Gasteiger partial charge in [-0.25, -0.2) is 4.39 Å². The van der Waals surface area contributed by atoms with E-state index in [1.54, 1.807) is 6.07 Å². The Morgan fingerprint density at radius 1 is 1.10 bits per heavy atom. The lowest BCUT2D eigenvalue weighted by atomic mass is 9.97. The summed E-state index contributed by atoms with van der Waals surface area (Å²) >= 11 is 0. The molecule has 0 radical (unpaired) electrons. The number of benzene rings is 1. The summed E-state index contributed by atoms with van der Waals surface area (Å²) in [7, 11) is 0. The van der Waals surface area contributed by atoms with Crippen LogP contribution in [0, 0.1) is 5.82 Å². The van der Waals surface area contributed by atoms with E-state index in [1.165, 1.54) is 38.5 Å². The van der Waals surface area contributed by atoms with E-state index in [2.05, 4.69) is 16.3 Å². The highest BCUT2D eigenvalue weighted by Gasteiger charge is 2.17. The SMILES string of the molecule is Fc1cc(CC2CCCCN2)ccc1N1CCCCC1. The Morgan fingerprint density at radius 3 is 2.65 bits per heavy atom. The second kappa shape index (κ2) is 6.57. The van der Waals surface area contributed by atoms with Gasteiger partial charge in [-0.3, -0.25) is 0 Å². The van der Waals surface area contributed by atoms with E-state index in [9.17, 15) is 4.39 Å². The highest BCUT2D eigenvalue weighted by atomic mass is 19.1. The lowest BCUT2D eigenvalue weighted by Gasteiger charge is -2.29. The molecule has 2 fully saturated rings. The summed E-state index contributed by atoms with van der Waals surface area (Å²) in [5.41, 5.74) is 1.92. The van der Waals surface area contributed by atoms with Gasteiger partial charge in [-0.15, -0.1) is 0 Å². The largest absolute Gasteiger partial charge is 0.369 e. The quantitative estimate of drug-likeness (QED) is 0.909. The number of nitrogens with one attached hydrogen (secondary N) is 1. The first-order chi connectivity index (χ1) is 9.83. The van der Waals surface area contributed by atoms with Crippen LogP contribution in [0.5, 0.6) is 0 Å². The zero-order valence-electron chi connectivity index (χ0n) is 12.2. The van der Waals surface area contributed by atoms with Gasteiger partial charge in [0.05, 0.1) is 5.69 Å². The van der Waals surface area contributed by atoms with Crippen molar-refractivity contribution in [2.24, 2.45) is 0 Å². The molecule has 1 atom stereocenters. The summed E-state index contributed by atoms with van der Waals surface area (Å²) in [5, 5.41) is 3.53. The van der Waals surface area contributed by atoms with Crippen molar-refractivity contribution in [2.45, 2.75) is 51.0 Å². The standard InChI is InChI=1S/C17H25FN2/c18-16-13-14(12-15-6-2-3-9-19-15)7-8-17(16)20-10-4-1-5-11-20/h7-8,13,15,19H,1-6,9-12H2. The van der Waals surface area contributed by atoms with Crippen LogP contribution >= 0.6 is 0 Å². The smallest absolute Gasteiger partial charge is 0.146 e. The maximum Gasteiger partial charge on any atom is 0.146 e. The molecule has 0 aliphatic carbocycles. The van der Waals surface area contributed by atoms with Crippen LogP contribution in [-0.2, 0) is 6.42 Å². The first-order valence-electron chi connectivity index (χ1n) is 8.10. The summed E-state index contributed by atoms with van der Waals surface area (Å²) < 4.78 is 14.3. The molecule has 3 heteroatoms. The van der Waals surface area contributed by atoms with Crippen LogP contribution in [0.25, 0.3) is 0 Å². The summed E-state index contributed by atoms with van der Waals surface area (Å²) in [6, 6.07) is 6.38. The van der Waals surface area contributed by atoms with Gasteiger partial charge in [-0.05, 0) is 62.8 Å². The van der Waals surface area contributed by atoms with Gasteiger partial charge in [-0.2, -0.15) is 0 Å². The van der Waals surface area contributed by atoms with E-state index >= 15 is 0 Å². The minimum atomic E-state index is -0.0415. The molecule has 1 unspecified atom stereocenters. The molecule has 1 N–H and O–H groups in total. The molecule has 0 saturated carbocycles. The number of nitrogens with zero attached hydrogens (tertiary/aromatic N) is 1. The molecule has 0 bridgehead atoms. The molecule has 110 valence electrons. The lowest BCUT2D eigenvalue weighted by Crippen LogP contribution is -2.35. The Balaban J connectivity index is 1.66. The van der Waals surface area contributed by atoms with Gasteiger partial charge in [0.2, 0.25) is 0 Å². The summed E-state index contributed by atoms with van der Waals surface area (Å²) in [6.07, 6.45) is 8.40. The van der Waals surface area contributed by atoms with E-state index in [4.69, 9.17) is 0 Å². The van der Waals surface area contributed by atoms with Crippen LogP contribution in [0.2, 0.25) is 0 Å². The number of anilines is 1. The first kappa shape index (κ1) is 13.9. The van der Waals surface area contributed by atoms with Crippen LogP contribution in [0.1, 0.15) is 44.1 Å². The molecule has 2 aliphatic rings. The minimum Gasteiger partial charge on any atom is -0.369 e. The van der Waals surface area contributed by atoms with E-state index in [1.807, 2.05) is 6.07 Å². The van der Waals surface area contributed by atoms with E-state index in [-0.39, 0.29) is 5.82 Å². The van der Waals surface area contributed by atoms with Crippen molar-refractivity contribution >= 4 is 5.69 Å². The zero-order valence-corrected chi connectivity index (χ0v) is 12.2. The highest BCUT2D eigenvalue weighted by Crippen LogP contribution is 2.25. The molecule has 0 spiro atoms. The molecule has 1 aromatic rings. The molecule has 2 aliphatic heterocycles. The van der Waals surface area contributed by atoms with Crippen molar-refractivity contribution in [1.82, 2.24) is 5.32 Å². The molecular formula is C17H25FN2. The van der Waals surface area contributed by atoms with Gasteiger partial charge in [0, 0.05) is 19.1 Å². The highest BCUT2D eigenvalue weighted by molar-refractivity contribution is 5.49. The lowest BCUT2D eigenvalue weighted by molar-refractivity contribution is 0.399. The normalized spacial score (nSPS) is 23.9. The molecule has 2 saturated heterocycles. The predicted octanol–water partition coefficient (Wildman–Crippen LogP) is 3.50. The second-order valence-electron chi connectivity index (χ2n) is 6.18. The Kier molecular flexibility index (Phi) is 4.56. The van der Waals surface area contributed by atoms with Crippen LogP contribution in [0.4, 0.5) is 10.1 Å². The maximum atomic E-state index is 14.3. The van der Waals surface area contributed by atoms with Crippen molar-refractivity contribution in [2.75, 3.05) is 24.5 Å². The Bertz CT molecular complexity index is 435. The molecule has 2 nitrogen and oxygen atoms in total. The van der Waals surface area contributed by atoms with Crippen molar-refractivity contribution in [3.05, 3.63) is 29.6 Å². The van der Waals surface area contributed by atoms with E-state index < -0.39 is 0 Å². The summed E-state index contributed by atoms with van der Waals surface area (Å²) in [4.78, 5) is 2.20. The Hall–Kier alpha value is -1.09. The summed E-state index contributed by atoms with van der Waals surface area (Å²) in [5.74, 6) is -0.0415. The van der Waals surface area contributed by atoms with Crippen molar-refractivity contribution in [3.63, 3.8) is 0 Å². The Labute approximate surface area is 121 Å². The maximum absolute atomic E-state index is 14.3. The van der Waals surface area contributed by atoms with Gasteiger partial charge < -0.3 is 10.2 Å². The number of rotatable bonds is 3. The Morgan fingerprint density at radius 2 is 1.95 bits per heavy atom. The third-order valence-corrected chi connectivity index (χ3v) is 4.60. The van der Waals surface area contributed by atoms with Gasteiger partial charge in [-0.1, -0.05) is 12.5 Å². The van der Waals surface area contributed by atoms with Crippen LogP contribution in [-0.4, -0.2) is 25.7 Å². The second-order valence-corrected chi connectivity index (χ2v) is 6.18. The fourth-order valence-electron chi connectivity index (χ4n) is 3.45. The molecule has 1 aromatic carbocycles. The molecule has 20 heavy (non-hydrogen) atoms. The van der Waals surface area contributed by atoms with Crippen LogP contribution in [0.3, 0.4) is 0 Å². The first-order valence-corrected chi connectivity index (χ1v) is 8.10. The van der Waals surface area contributed by atoms with Crippen molar-refractivity contribution in [1.29, 1.82) is 0 Å². The molecule has 0 aromatic heterocycles. The predicted molar refractivity (Wildman–Crippen MR) is 81.8 cm³/mol. The van der Waals surface area contributed by atoms with Crippen LogP contribution < -0.4 is 10.2 Å². The van der Waals surface area contributed by atoms with Crippen LogP contribution in [0.15, 0.2) is 18.2 Å². The van der Waals surface area contributed by atoms with Gasteiger partial charge in [0.1, 0.15) is 5.82 Å². The van der Waals surface area contributed by atoms with E-state index in [0.29, 0.717) is 6.04 Å². The van der Waals surface area contributed by atoms with Gasteiger partial charge in [0.15, 0.2) is 0 Å². The van der Waals surface area contributed by atoms with Crippen molar-refractivity contribution < 1.29 is 4.39 Å². The third-order valence-electron chi connectivity index (χ3n) is 4.60. The molecule has 2 heterocycles. The average molecular weight is 276 g/mol. The topological polar surface area (TPSA) is 15.3 Å². The van der Waals surface area contributed by atoms with Gasteiger partial charge >= 0.3 is 0 Å². The number of halogens is 1. The molecule has 0 amide bonds. The van der Waals surface area contributed by atoms with Crippen molar-refractivity contribution in [3.8, 4) is 0 Å². The van der Waals surface area contributed by atoms with Gasteiger partial charge in [0.25, 0.3) is 0 Å². The number of hydrogen-bond donors (Lipinski definition) is 1. The monoisotopic (exact) mass is 276 g/mol. The summed E-state index contributed by atoms with van der Waals surface area (Å²) in [6.45, 7) is 3.11. The molecule has 3 rings (SSSR count). The number of hydrogen-bond acceptors (Lipinski definition) is 2. The van der Waals surface area contributed by atoms with E-state index in [0.717, 1.165) is 37.3 Å². The minimum absolute atomic E-state index is 0.0415.